The fraction of sp³-hybridized carbons (Fsp3) is 0.222. The lowest BCUT2D eigenvalue weighted by molar-refractivity contribution is -0.123. The van der Waals surface area contributed by atoms with Gasteiger partial charge in [0.25, 0.3) is 5.91 Å². The van der Waals surface area contributed by atoms with Crippen molar-refractivity contribution in [1.82, 2.24) is 19.9 Å². The normalized spacial score (nSPS) is 10.6. The lowest BCUT2D eigenvalue weighted by Gasteiger charge is -2.08. The molecule has 0 saturated heterocycles. The summed E-state index contributed by atoms with van der Waals surface area (Å²) in [7, 11) is 0. The van der Waals surface area contributed by atoms with E-state index in [0.29, 0.717) is 24.3 Å². The Balaban J connectivity index is 1.47. The van der Waals surface area contributed by atoms with Gasteiger partial charge in [-0.15, -0.1) is 10.2 Å². The van der Waals surface area contributed by atoms with Gasteiger partial charge < -0.3 is 10.1 Å². The van der Waals surface area contributed by atoms with E-state index < -0.39 is 0 Å². The third-order valence-corrected chi connectivity index (χ3v) is 3.67. The van der Waals surface area contributed by atoms with E-state index in [0.717, 1.165) is 11.5 Å². The summed E-state index contributed by atoms with van der Waals surface area (Å²) in [6, 6.07) is 12.4. The third kappa shape index (κ3) is 4.20. The largest absolute Gasteiger partial charge is 0.484 e. The highest BCUT2D eigenvalue weighted by Gasteiger charge is 2.07. The van der Waals surface area contributed by atoms with Gasteiger partial charge >= 0.3 is 0 Å². The van der Waals surface area contributed by atoms with Crippen molar-refractivity contribution in [2.45, 2.75) is 13.3 Å². The lowest BCUT2D eigenvalue weighted by atomic mass is 10.1. The van der Waals surface area contributed by atoms with Crippen LogP contribution in [0.2, 0.25) is 0 Å². The number of rotatable bonds is 7. The zero-order valence-electron chi connectivity index (χ0n) is 13.8. The van der Waals surface area contributed by atoms with Crippen molar-refractivity contribution in [3.05, 3.63) is 60.0 Å². The topological polar surface area (TPSA) is 85.6 Å². The third-order valence-electron chi connectivity index (χ3n) is 3.67. The van der Waals surface area contributed by atoms with Crippen LogP contribution >= 0.6 is 0 Å². The summed E-state index contributed by atoms with van der Waals surface area (Å²) in [4.78, 5) is 23.2. The highest BCUT2D eigenvalue weighted by atomic mass is 16.5. The molecule has 0 saturated carbocycles. The van der Waals surface area contributed by atoms with Gasteiger partial charge in [-0.2, -0.15) is 0 Å². The number of fused-ring (bicyclic) bond motifs is 1. The second-order valence-corrected chi connectivity index (χ2v) is 5.52. The summed E-state index contributed by atoms with van der Waals surface area (Å²) >= 11 is 0. The summed E-state index contributed by atoms with van der Waals surface area (Å²) < 4.78 is 7.30. The predicted molar refractivity (Wildman–Crippen MR) is 91.6 cm³/mol. The van der Waals surface area contributed by atoms with Gasteiger partial charge in [0.1, 0.15) is 11.6 Å². The minimum atomic E-state index is -0.234. The van der Waals surface area contributed by atoms with E-state index in [1.54, 1.807) is 24.3 Å². The molecule has 2 aromatic heterocycles. The fourth-order valence-corrected chi connectivity index (χ4v) is 2.38. The Kier molecular flexibility index (Phi) is 5.03. The molecule has 0 atom stereocenters. The molecule has 1 amide bonds. The monoisotopic (exact) mass is 338 g/mol. The Morgan fingerprint density at radius 2 is 2.04 bits per heavy atom. The molecule has 1 aromatic carbocycles. The van der Waals surface area contributed by atoms with Crippen LogP contribution in [0.15, 0.2) is 48.7 Å². The molecule has 0 fully saturated rings. The smallest absolute Gasteiger partial charge is 0.257 e. The Labute approximate surface area is 144 Å². The number of carbonyl (C=O) groups excluding carboxylic acids is 2. The van der Waals surface area contributed by atoms with Crippen LogP contribution in [0.3, 0.4) is 0 Å². The maximum Gasteiger partial charge on any atom is 0.257 e. The predicted octanol–water partition coefficient (Wildman–Crippen LogP) is 1.67. The SMILES string of the molecule is CC(=O)c1cccc(OCC(=O)NCCc2nnc3ccccn23)c1. The second kappa shape index (κ2) is 7.57. The second-order valence-electron chi connectivity index (χ2n) is 5.52. The Morgan fingerprint density at radius 3 is 2.88 bits per heavy atom. The molecule has 128 valence electrons. The van der Waals surface area contributed by atoms with Gasteiger partial charge in [-0.1, -0.05) is 18.2 Å². The number of hydrogen-bond donors (Lipinski definition) is 1. The van der Waals surface area contributed by atoms with Gasteiger partial charge in [-0.25, -0.2) is 0 Å². The molecule has 0 spiro atoms. The van der Waals surface area contributed by atoms with Gasteiger partial charge in [-0.3, -0.25) is 14.0 Å². The molecule has 0 radical (unpaired) electrons. The first-order valence-electron chi connectivity index (χ1n) is 7.92. The van der Waals surface area contributed by atoms with E-state index >= 15 is 0 Å². The number of ketones is 1. The minimum absolute atomic E-state index is 0.0459. The molecule has 1 N–H and O–H groups in total. The molecule has 0 aliphatic carbocycles. The van der Waals surface area contributed by atoms with Gasteiger partial charge in [-0.05, 0) is 31.2 Å². The Bertz CT molecular complexity index is 904. The van der Waals surface area contributed by atoms with Crippen molar-refractivity contribution in [1.29, 1.82) is 0 Å². The lowest BCUT2D eigenvalue weighted by Crippen LogP contribution is -2.30. The number of ether oxygens (including phenoxy) is 1. The highest BCUT2D eigenvalue weighted by molar-refractivity contribution is 5.94. The van der Waals surface area contributed by atoms with Crippen LogP contribution in [-0.4, -0.2) is 39.4 Å². The standard InChI is InChI=1S/C18H18N4O3/c1-13(23)14-5-4-6-15(11-14)25-12-18(24)19-9-8-17-21-20-16-7-2-3-10-22(16)17/h2-7,10-11H,8-9,12H2,1H3,(H,19,24). The van der Waals surface area contributed by atoms with Crippen molar-refractivity contribution in [2.24, 2.45) is 0 Å². The van der Waals surface area contributed by atoms with Gasteiger partial charge in [0.05, 0.1) is 0 Å². The highest BCUT2D eigenvalue weighted by Crippen LogP contribution is 2.13. The van der Waals surface area contributed by atoms with Gasteiger partial charge in [0.2, 0.25) is 0 Å². The molecule has 0 bridgehead atoms. The molecule has 3 rings (SSSR count). The molecule has 7 heteroatoms. The van der Waals surface area contributed by atoms with Crippen LogP contribution in [0, 0.1) is 0 Å². The van der Waals surface area contributed by atoms with E-state index in [2.05, 4.69) is 15.5 Å². The van der Waals surface area contributed by atoms with E-state index in [-0.39, 0.29) is 18.3 Å². The Hall–Kier alpha value is -3.22. The number of Topliss-reactive ketones (excluding diaryl/α,β-unsaturated/α-hetero) is 1. The number of carbonyl (C=O) groups is 2. The maximum atomic E-state index is 11.9. The van der Waals surface area contributed by atoms with E-state index in [1.165, 1.54) is 6.92 Å². The number of benzene rings is 1. The van der Waals surface area contributed by atoms with Crippen LogP contribution in [0.25, 0.3) is 5.65 Å². The summed E-state index contributed by atoms with van der Waals surface area (Å²) in [5, 5.41) is 11.0. The first-order valence-corrected chi connectivity index (χ1v) is 7.92. The van der Waals surface area contributed by atoms with Crippen molar-refractivity contribution in [3.63, 3.8) is 0 Å². The van der Waals surface area contributed by atoms with Crippen molar-refractivity contribution < 1.29 is 14.3 Å². The average Bonchev–Trinajstić information content (AvgIpc) is 3.03. The zero-order chi connectivity index (χ0) is 17.6. The number of nitrogens with zero attached hydrogens (tertiary/aromatic N) is 3. The number of nitrogens with one attached hydrogen (secondary N) is 1. The van der Waals surface area contributed by atoms with E-state index in [1.807, 2.05) is 28.8 Å². The minimum Gasteiger partial charge on any atom is -0.484 e. The van der Waals surface area contributed by atoms with Crippen molar-refractivity contribution in [3.8, 4) is 5.75 Å². The summed E-state index contributed by atoms with van der Waals surface area (Å²) in [6.07, 6.45) is 2.45. The molecule has 3 aromatic rings. The van der Waals surface area contributed by atoms with Gasteiger partial charge in [0.15, 0.2) is 18.0 Å². The molecule has 0 aliphatic heterocycles. The molecule has 25 heavy (non-hydrogen) atoms. The number of amides is 1. The molecule has 7 nitrogen and oxygen atoms in total. The van der Waals surface area contributed by atoms with Crippen LogP contribution in [0.1, 0.15) is 23.1 Å². The molecular weight excluding hydrogens is 320 g/mol. The molecule has 0 unspecified atom stereocenters. The maximum absolute atomic E-state index is 11.9. The fourth-order valence-electron chi connectivity index (χ4n) is 2.38. The molecule has 2 heterocycles. The number of pyridine rings is 1. The first kappa shape index (κ1) is 16.6. The molecular formula is C18H18N4O3. The molecule has 0 aliphatic rings. The average molecular weight is 338 g/mol. The summed E-state index contributed by atoms with van der Waals surface area (Å²) in [5.41, 5.74) is 1.33. The van der Waals surface area contributed by atoms with Crippen molar-refractivity contribution in [2.75, 3.05) is 13.2 Å². The Morgan fingerprint density at radius 1 is 1.16 bits per heavy atom. The van der Waals surface area contributed by atoms with Crippen molar-refractivity contribution >= 4 is 17.3 Å². The summed E-state index contributed by atoms with van der Waals surface area (Å²) in [5.74, 6) is 0.995. The van der Waals surface area contributed by atoms with E-state index in [9.17, 15) is 9.59 Å². The first-order chi connectivity index (χ1) is 12.1. The van der Waals surface area contributed by atoms with Gasteiger partial charge in [0, 0.05) is 24.7 Å². The number of hydrogen-bond acceptors (Lipinski definition) is 5. The zero-order valence-corrected chi connectivity index (χ0v) is 13.8. The number of aromatic nitrogens is 3. The van der Waals surface area contributed by atoms with Crippen LogP contribution < -0.4 is 10.1 Å². The quantitative estimate of drug-likeness (QED) is 0.662. The van der Waals surface area contributed by atoms with Crippen LogP contribution in [0.4, 0.5) is 0 Å². The van der Waals surface area contributed by atoms with E-state index in [4.69, 9.17) is 4.74 Å². The van der Waals surface area contributed by atoms with Crippen LogP contribution in [-0.2, 0) is 11.2 Å². The summed E-state index contributed by atoms with van der Waals surface area (Å²) in [6.45, 7) is 1.81. The van der Waals surface area contributed by atoms with Crippen LogP contribution in [0.5, 0.6) is 5.75 Å².